The highest BCUT2D eigenvalue weighted by Crippen LogP contribution is 2.22. The molecule has 0 saturated carbocycles. The second kappa shape index (κ2) is 6.49. The van der Waals surface area contributed by atoms with E-state index in [9.17, 15) is 4.79 Å². The number of carbonyl (C=O) groups excluding carboxylic acids is 1. The molecule has 0 aliphatic rings. The standard InChI is InChI=1S/C15H13N5O2/c21-14(10-22-11-4-3-6-16-8-11)19-13-9-18-20-15(13)12-5-1-2-7-17-12/h1-9H,10H2,(H,18,20)(H,19,21). The maximum absolute atomic E-state index is 11.9. The molecule has 0 atom stereocenters. The Bertz CT molecular complexity index is 743. The van der Waals surface area contributed by atoms with Crippen molar-refractivity contribution < 1.29 is 9.53 Å². The Labute approximate surface area is 126 Å². The van der Waals surface area contributed by atoms with Crippen LogP contribution in [0.1, 0.15) is 0 Å². The monoisotopic (exact) mass is 295 g/mol. The molecule has 0 unspecified atom stereocenters. The number of anilines is 1. The van der Waals surface area contributed by atoms with Gasteiger partial charge in [0.1, 0.15) is 11.4 Å². The average molecular weight is 295 g/mol. The lowest BCUT2D eigenvalue weighted by molar-refractivity contribution is -0.118. The molecule has 3 aromatic heterocycles. The van der Waals surface area contributed by atoms with Gasteiger partial charge in [0.05, 0.1) is 23.8 Å². The first-order valence-corrected chi connectivity index (χ1v) is 6.60. The number of rotatable bonds is 5. The number of nitrogens with one attached hydrogen (secondary N) is 2. The van der Waals surface area contributed by atoms with Gasteiger partial charge in [0.15, 0.2) is 6.61 Å². The minimum Gasteiger partial charge on any atom is -0.482 e. The van der Waals surface area contributed by atoms with Crippen LogP contribution in [0.15, 0.2) is 55.1 Å². The molecule has 3 rings (SSSR count). The molecule has 7 nitrogen and oxygen atoms in total. The van der Waals surface area contributed by atoms with E-state index in [1.165, 1.54) is 6.20 Å². The molecule has 3 aromatic rings. The Balaban J connectivity index is 1.64. The third kappa shape index (κ3) is 3.26. The SMILES string of the molecule is O=C(COc1cccnc1)Nc1cn[nH]c1-c1ccccn1. The van der Waals surface area contributed by atoms with Crippen LogP contribution in [0.25, 0.3) is 11.4 Å². The average Bonchev–Trinajstić information content (AvgIpc) is 3.03. The van der Waals surface area contributed by atoms with Gasteiger partial charge in [-0.25, -0.2) is 0 Å². The van der Waals surface area contributed by atoms with Crippen molar-refractivity contribution in [3.05, 3.63) is 55.1 Å². The van der Waals surface area contributed by atoms with Gasteiger partial charge in [-0.05, 0) is 24.3 Å². The quantitative estimate of drug-likeness (QED) is 0.749. The summed E-state index contributed by atoms with van der Waals surface area (Å²) in [7, 11) is 0. The fraction of sp³-hybridized carbons (Fsp3) is 0.0667. The zero-order valence-corrected chi connectivity index (χ0v) is 11.6. The van der Waals surface area contributed by atoms with Crippen LogP contribution in [0.3, 0.4) is 0 Å². The summed E-state index contributed by atoms with van der Waals surface area (Å²) in [6, 6.07) is 8.98. The second-order valence-electron chi connectivity index (χ2n) is 4.40. The largest absolute Gasteiger partial charge is 0.482 e. The molecule has 2 N–H and O–H groups in total. The Kier molecular flexibility index (Phi) is 4.05. The van der Waals surface area contributed by atoms with Crippen molar-refractivity contribution in [2.45, 2.75) is 0 Å². The van der Waals surface area contributed by atoms with Crippen LogP contribution in [0.4, 0.5) is 5.69 Å². The number of aromatic amines is 1. The highest BCUT2D eigenvalue weighted by molar-refractivity contribution is 5.95. The molecule has 0 aliphatic carbocycles. The van der Waals surface area contributed by atoms with Crippen molar-refractivity contribution in [1.82, 2.24) is 20.2 Å². The zero-order valence-electron chi connectivity index (χ0n) is 11.6. The van der Waals surface area contributed by atoms with E-state index < -0.39 is 0 Å². The van der Waals surface area contributed by atoms with E-state index in [0.717, 1.165) is 0 Å². The summed E-state index contributed by atoms with van der Waals surface area (Å²) < 4.78 is 5.34. The first kappa shape index (κ1) is 13.7. The lowest BCUT2D eigenvalue weighted by atomic mass is 10.2. The number of amides is 1. The Morgan fingerprint density at radius 2 is 2.14 bits per heavy atom. The molecule has 0 spiro atoms. The molecular formula is C15H13N5O2. The van der Waals surface area contributed by atoms with Gasteiger partial charge < -0.3 is 10.1 Å². The first-order valence-electron chi connectivity index (χ1n) is 6.60. The van der Waals surface area contributed by atoms with Crippen LogP contribution in [0.5, 0.6) is 5.75 Å². The van der Waals surface area contributed by atoms with Crippen LogP contribution in [0.2, 0.25) is 0 Å². The number of nitrogens with zero attached hydrogens (tertiary/aromatic N) is 3. The first-order chi connectivity index (χ1) is 10.8. The molecule has 0 fully saturated rings. The van der Waals surface area contributed by atoms with Crippen molar-refractivity contribution in [3.8, 4) is 17.1 Å². The normalized spacial score (nSPS) is 10.2. The zero-order chi connectivity index (χ0) is 15.2. The van der Waals surface area contributed by atoms with E-state index in [1.807, 2.05) is 18.2 Å². The maximum Gasteiger partial charge on any atom is 0.262 e. The number of carbonyl (C=O) groups is 1. The van der Waals surface area contributed by atoms with Crippen molar-refractivity contribution in [1.29, 1.82) is 0 Å². The van der Waals surface area contributed by atoms with Gasteiger partial charge in [0.2, 0.25) is 0 Å². The molecule has 110 valence electrons. The van der Waals surface area contributed by atoms with Crippen molar-refractivity contribution in [2.24, 2.45) is 0 Å². The third-order valence-electron chi connectivity index (χ3n) is 2.84. The van der Waals surface area contributed by atoms with E-state index in [4.69, 9.17) is 4.74 Å². The Morgan fingerprint density at radius 1 is 1.18 bits per heavy atom. The van der Waals surface area contributed by atoms with Gasteiger partial charge in [0.25, 0.3) is 5.91 Å². The molecule has 7 heteroatoms. The summed E-state index contributed by atoms with van der Waals surface area (Å²) in [4.78, 5) is 20.1. The van der Waals surface area contributed by atoms with Crippen molar-refractivity contribution in [2.75, 3.05) is 11.9 Å². The summed E-state index contributed by atoms with van der Waals surface area (Å²) in [5.74, 6) is 0.247. The smallest absolute Gasteiger partial charge is 0.262 e. The van der Waals surface area contributed by atoms with Crippen LogP contribution in [-0.2, 0) is 4.79 Å². The van der Waals surface area contributed by atoms with Gasteiger partial charge >= 0.3 is 0 Å². The van der Waals surface area contributed by atoms with Crippen LogP contribution < -0.4 is 10.1 Å². The summed E-state index contributed by atoms with van der Waals surface area (Å²) in [5, 5.41) is 9.50. The van der Waals surface area contributed by atoms with Gasteiger partial charge in [-0.3, -0.25) is 19.9 Å². The number of hydrogen-bond acceptors (Lipinski definition) is 5. The molecule has 0 saturated heterocycles. The lowest BCUT2D eigenvalue weighted by Crippen LogP contribution is -2.20. The summed E-state index contributed by atoms with van der Waals surface area (Å²) in [5.41, 5.74) is 1.90. The number of hydrogen-bond donors (Lipinski definition) is 2. The van der Waals surface area contributed by atoms with Gasteiger partial charge in [-0.2, -0.15) is 5.10 Å². The van der Waals surface area contributed by atoms with E-state index in [-0.39, 0.29) is 12.5 Å². The molecular weight excluding hydrogens is 282 g/mol. The number of ether oxygens (including phenoxy) is 1. The van der Waals surface area contributed by atoms with E-state index in [1.54, 1.807) is 30.7 Å². The van der Waals surface area contributed by atoms with Gasteiger partial charge in [-0.15, -0.1) is 0 Å². The molecule has 3 heterocycles. The van der Waals surface area contributed by atoms with E-state index in [2.05, 4.69) is 25.5 Å². The van der Waals surface area contributed by atoms with Crippen LogP contribution in [0, 0.1) is 0 Å². The highest BCUT2D eigenvalue weighted by Gasteiger charge is 2.12. The Hall–Kier alpha value is -3.22. The van der Waals surface area contributed by atoms with Crippen LogP contribution in [-0.4, -0.2) is 32.7 Å². The second-order valence-corrected chi connectivity index (χ2v) is 4.40. The fourth-order valence-corrected chi connectivity index (χ4v) is 1.85. The predicted octanol–water partition coefficient (Wildman–Crippen LogP) is 1.88. The predicted molar refractivity (Wildman–Crippen MR) is 80.2 cm³/mol. The van der Waals surface area contributed by atoms with Crippen molar-refractivity contribution in [3.63, 3.8) is 0 Å². The molecule has 0 radical (unpaired) electrons. The Morgan fingerprint density at radius 3 is 2.91 bits per heavy atom. The molecule has 22 heavy (non-hydrogen) atoms. The topological polar surface area (TPSA) is 92.8 Å². The van der Waals surface area contributed by atoms with E-state index in [0.29, 0.717) is 22.8 Å². The number of H-pyrrole nitrogens is 1. The van der Waals surface area contributed by atoms with E-state index >= 15 is 0 Å². The molecule has 0 aliphatic heterocycles. The molecule has 0 aromatic carbocycles. The highest BCUT2D eigenvalue weighted by atomic mass is 16.5. The molecule has 1 amide bonds. The fourth-order valence-electron chi connectivity index (χ4n) is 1.85. The minimum atomic E-state index is -0.289. The summed E-state index contributed by atoms with van der Waals surface area (Å²) in [6.07, 6.45) is 6.39. The molecule has 0 bridgehead atoms. The number of aromatic nitrogens is 4. The van der Waals surface area contributed by atoms with Gasteiger partial charge in [-0.1, -0.05) is 6.07 Å². The number of pyridine rings is 2. The van der Waals surface area contributed by atoms with Crippen LogP contribution >= 0.6 is 0 Å². The summed E-state index contributed by atoms with van der Waals surface area (Å²) >= 11 is 0. The third-order valence-corrected chi connectivity index (χ3v) is 2.84. The maximum atomic E-state index is 11.9. The minimum absolute atomic E-state index is 0.113. The van der Waals surface area contributed by atoms with Crippen molar-refractivity contribution >= 4 is 11.6 Å². The van der Waals surface area contributed by atoms with Gasteiger partial charge in [0, 0.05) is 12.4 Å². The lowest BCUT2D eigenvalue weighted by Gasteiger charge is -2.07. The summed E-state index contributed by atoms with van der Waals surface area (Å²) in [6.45, 7) is -0.113.